The topological polar surface area (TPSA) is 68.1 Å². The van der Waals surface area contributed by atoms with Crippen LogP contribution in [0.1, 0.15) is 18.5 Å². The van der Waals surface area contributed by atoms with Crippen LogP contribution in [0.25, 0.3) is 5.95 Å². The molecule has 9 heteroatoms. The Bertz CT molecular complexity index is 751. The van der Waals surface area contributed by atoms with E-state index in [4.69, 9.17) is 4.74 Å². The Hall–Kier alpha value is -2.29. The van der Waals surface area contributed by atoms with Crippen LogP contribution in [0, 0.1) is 6.92 Å². The fourth-order valence-electron chi connectivity index (χ4n) is 3.05. The van der Waals surface area contributed by atoms with Crippen LogP contribution < -0.4 is 10.2 Å². The van der Waals surface area contributed by atoms with Crippen molar-refractivity contribution in [2.45, 2.75) is 31.7 Å². The lowest BCUT2D eigenvalue weighted by Gasteiger charge is -2.36. The molecule has 25 heavy (non-hydrogen) atoms. The average molecular weight is 350 g/mol. The predicted octanol–water partition coefficient (Wildman–Crippen LogP) is 2.02. The number of rotatable bonds is 4. The third-order valence-corrected chi connectivity index (χ3v) is 4.41. The van der Waals surface area contributed by atoms with Crippen molar-refractivity contribution in [3.8, 4) is 5.95 Å². The summed E-state index contributed by atoms with van der Waals surface area (Å²) in [4.78, 5) is 11.2. The second-order valence-electron chi connectivity index (χ2n) is 6.52. The third-order valence-electron chi connectivity index (χ3n) is 4.41. The van der Waals surface area contributed by atoms with E-state index in [2.05, 4.69) is 25.3 Å². The Morgan fingerprint density at radius 1 is 1.24 bits per heavy atom. The largest absolute Gasteiger partial charge is 0.378 e. The standard InChI is InChI=1S/C16H20F2N6O/c1-11-2-3-24(22-11)15-20-13(19-12-9-16(17,18)10-12)8-14(21-15)23-4-6-25-7-5-23/h2-3,8,12H,4-7,9-10H2,1H3,(H,19,20,21). The van der Waals surface area contributed by atoms with E-state index in [9.17, 15) is 8.78 Å². The van der Waals surface area contributed by atoms with Crippen molar-refractivity contribution in [2.24, 2.45) is 0 Å². The van der Waals surface area contributed by atoms with E-state index in [0.717, 1.165) is 24.6 Å². The number of halogens is 2. The fourth-order valence-corrected chi connectivity index (χ4v) is 3.05. The second-order valence-corrected chi connectivity index (χ2v) is 6.52. The Morgan fingerprint density at radius 3 is 2.64 bits per heavy atom. The first-order valence-corrected chi connectivity index (χ1v) is 8.37. The number of ether oxygens (including phenoxy) is 1. The molecule has 0 spiro atoms. The summed E-state index contributed by atoms with van der Waals surface area (Å²) in [6.45, 7) is 4.62. The van der Waals surface area contributed by atoms with Crippen molar-refractivity contribution in [2.75, 3.05) is 36.5 Å². The molecule has 1 saturated heterocycles. The van der Waals surface area contributed by atoms with Crippen LogP contribution in [-0.4, -0.2) is 58.0 Å². The molecule has 2 aromatic heterocycles. The lowest BCUT2D eigenvalue weighted by Crippen LogP contribution is -2.44. The summed E-state index contributed by atoms with van der Waals surface area (Å²) in [6, 6.07) is 3.40. The van der Waals surface area contributed by atoms with Gasteiger partial charge in [-0.3, -0.25) is 0 Å². The van der Waals surface area contributed by atoms with Crippen LogP contribution in [-0.2, 0) is 4.74 Å². The number of nitrogens with one attached hydrogen (secondary N) is 1. The van der Waals surface area contributed by atoms with Gasteiger partial charge in [-0.15, -0.1) is 0 Å². The molecule has 1 saturated carbocycles. The zero-order chi connectivity index (χ0) is 17.4. The van der Waals surface area contributed by atoms with Gasteiger partial charge >= 0.3 is 0 Å². The van der Waals surface area contributed by atoms with Crippen molar-refractivity contribution >= 4 is 11.6 Å². The van der Waals surface area contributed by atoms with Crippen molar-refractivity contribution in [1.82, 2.24) is 19.7 Å². The van der Waals surface area contributed by atoms with Crippen molar-refractivity contribution < 1.29 is 13.5 Å². The van der Waals surface area contributed by atoms with Crippen molar-refractivity contribution in [3.05, 3.63) is 24.0 Å². The highest BCUT2D eigenvalue weighted by atomic mass is 19.3. The Balaban J connectivity index is 1.62. The van der Waals surface area contributed by atoms with Crippen LogP contribution in [0.15, 0.2) is 18.3 Å². The molecule has 2 aromatic rings. The average Bonchev–Trinajstić information content (AvgIpc) is 3.00. The van der Waals surface area contributed by atoms with Gasteiger partial charge in [0.2, 0.25) is 0 Å². The van der Waals surface area contributed by atoms with Crippen LogP contribution in [0.2, 0.25) is 0 Å². The maximum atomic E-state index is 13.1. The van der Waals surface area contributed by atoms with Gasteiger partial charge in [0.25, 0.3) is 11.9 Å². The molecule has 0 unspecified atom stereocenters. The molecular formula is C16H20F2N6O. The van der Waals surface area contributed by atoms with Crippen LogP contribution in [0.4, 0.5) is 20.4 Å². The number of anilines is 2. The van der Waals surface area contributed by atoms with Gasteiger partial charge in [-0.2, -0.15) is 15.1 Å². The molecule has 0 bridgehead atoms. The number of aryl methyl sites for hydroxylation is 1. The highest BCUT2D eigenvalue weighted by molar-refractivity contribution is 5.52. The highest BCUT2D eigenvalue weighted by Gasteiger charge is 2.45. The first-order chi connectivity index (χ1) is 12.0. The summed E-state index contributed by atoms with van der Waals surface area (Å²) in [5.74, 6) is -0.861. The van der Waals surface area contributed by atoms with Crippen LogP contribution in [0.3, 0.4) is 0 Å². The lowest BCUT2D eigenvalue weighted by atomic mass is 9.88. The molecule has 0 atom stereocenters. The summed E-state index contributed by atoms with van der Waals surface area (Å²) >= 11 is 0. The van der Waals surface area contributed by atoms with E-state index in [1.54, 1.807) is 10.9 Å². The molecule has 4 rings (SSSR count). The monoisotopic (exact) mass is 350 g/mol. The van der Waals surface area contributed by atoms with Gasteiger partial charge < -0.3 is 15.0 Å². The predicted molar refractivity (Wildman–Crippen MR) is 88.5 cm³/mol. The maximum absolute atomic E-state index is 13.1. The molecule has 2 fully saturated rings. The number of nitrogens with zero attached hydrogens (tertiary/aromatic N) is 5. The van der Waals surface area contributed by atoms with E-state index in [1.807, 2.05) is 19.1 Å². The number of hydrogen-bond acceptors (Lipinski definition) is 6. The maximum Gasteiger partial charge on any atom is 0.254 e. The third kappa shape index (κ3) is 3.55. The normalized spacial score (nSPS) is 20.4. The van der Waals surface area contributed by atoms with E-state index >= 15 is 0 Å². The molecule has 1 aliphatic carbocycles. The lowest BCUT2D eigenvalue weighted by molar-refractivity contribution is -0.0794. The SMILES string of the molecule is Cc1ccn(-c2nc(NC3CC(F)(F)C3)cc(N3CCOCC3)n2)n1. The minimum Gasteiger partial charge on any atom is -0.378 e. The van der Waals surface area contributed by atoms with Gasteiger partial charge in [-0.05, 0) is 13.0 Å². The van der Waals surface area contributed by atoms with E-state index in [0.29, 0.717) is 25.0 Å². The Morgan fingerprint density at radius 2 is 2.00 bits per heavy atom. The molecule has 7 nitrogen and oxygen atoms in total. The van der Waals surface area contributed by atoms with Gasteiger partial charge in [0.05, 0.1) is 18.9 Å². The van der Waals surface area contributed by atoms with Gasteiger partial charge in [0.15, 0.2) is 0 Å². The zero-order valence-electron chi connectivity index (χ0n) is 14.0. The van der Waals surface area contributed by atoms with E-state index in [1.165, 1.54) is 0 Å². The van der Waals surface area contributed by atoms with Gasteiger partial charge in [0.1, 0.15) is 11.6 Å². The Kier molecular flexibility index (Phi) is 4.03. The quantitative estimate of drug-likeness (QED) is 0.910. The highest BCUT2D eigenvalue weighted by Crippen LogP contribution is 2.39. The number of aromatic nitrogens is 4. The molecule has 2 aliphatic rings. The van der Waals surface area contributed by atoms with Crippen molar-refractivity contribution in [1.29, 1.82) is 0 Å². The molecule has 1 N–H and O–H groups in total. The summed E-state index contributed by atoms with van der Waals surface area (Å²) in [5, 5.41) is 7.45. The minimum atomic E-state index is -2.57. The van der Waals surface area contributed by atoms with Gasteiger partial charge in [-0.25, -0.2) is 13.5 Å². The number of alkyl halides is 2. The summed E-state index contributed by atoms with van der Waals surface area (Å²) in [7, 11) is 0. The number of hydrogen-bond donors (Lipinski definition) is 1. The summed E-state index contributed by atoms with van der Waals surface area (Å²) in [6.07, 6.45) is 1.45. The smallest absolute Gasteiger partial charge is 0.254 e. The summed E-state index contributed by atoms with van der Waals surface area (Å²) < 4.78 is 33.2. The van der Waals surface area contributed by atoms with Gasteiger partial charge in [-0.1, -0.05) is 0 Å². The molecule has 1 aliphatic heterocycles. The molecule has 0 radical (unpaired) electrons. The van der Waals surface area contributed by atoms with E-state index in [-0.39, 0.29) is 18.9 Å². The first kappa shape index (κ1) is 16.2. The first-order valence-electron chi connectivity index (χ1n) is 8.37. The Labute approximate surface area is 144 Å². The van der Waals surface area contributed by atoms with E-state index < -0.39 is 5.92 Å². The molecule has 0 aromatic carbocycles. The molecule has 134 valence electrons. The molecular weight excluding hydrogens is 330 g/mol. The zero-order valence-corrected chi connectivity index (χ0v) is 14.0. The van der Waals surface area contributed by atoms with Crippen LogP contribution >= 0.6 is 0 Å². The second kappa shape index (κ2) is 6.21. The minimum absolute atomic E-state index is 0.167. The van der Waals surface area contributed by atoms with Crippen LogP contribution in [0.5, 0.6) is 0 Å². The summed E-state index contributed by atoms with van der Waals surface area (Å²) in [5.41, 5.74) is 0.855. The number of morpholine rings is 1. The van der Waals surface area contributed by atoms with Gasteiger partial charge in [0, 0.05) is 44.2 Å². The molecule has 3 heterocycles. The fraction of sp³-hybridized carbons (Fsp3) is 0.562. The van der Waals surface area contributed by atoms with Crippen molar-refractivity contribution in [3.63, 3.8) is 0 Å². The molecule has 0 amide bonds.